The summed E-state index contributed by atoms with van der Waals surface area (Å²) in [6.07, 6.45) is 3.67. The van der Waals surface area contributed by atoms with Crippen LogP contribution >= 0.6 is 23.2 Å². The summed E-state index contributed by atoms with van der Waals surface area (Å²) in [6.45, 7) is 3.12. The highest BCUT2D eigenvalue weighted by atomic mass is 35.5. The van der Waals surface area contributed by atoms with Crippen LogP contribution in [0, 0.1) is 16.0 Å². The third-order valence-corrected chi connectivity index (χ3v) is 8.39. The minimum absolute atomic E-state index is 0.0311. The second-order valence-corrected chi connectivity index (χ2v) is 11.4. The van der Waals surface area contributed by atoms with E-state index in [0.717, 1.165) is 37.8 Å². The lowest BCUT2D eigenvalue weighted by atomic mass is 9.92. The average molecular weight is 558 g/mol. The van der Waals surface area contributed by atoms with E-state index in [1.807, 2.05) is 0 Å². The fourth-order valence-corrected chi connectivity index (χ4v) is 6.19. The lowest BCUT2D eigenvalue weighted by Crippen LogP contribution is -2.51. The van der Waals surface area contributed by atoms with Crippen LogP contribution in [0.1, 0.15) is 38.2 Å². The number of rotatable bonds is 9. The molecule has 2 aromatic carbocycles. The zero-order valence-corrected chi connectivity index (χ0v) is 22.1. The number of amides is 1. The second kappa shape index (κ2) is 11.6. The van der Waals surface area contributed by atoms with E-state index in [1.54, 1.807) is 4.90 Å². The summed E-state index contributed by atoms with van der Waals surface area (Å²) in [5.41, 5.74) is 11.5. The molecule has 0 aliphatic carbocycles. The number of hydrogen-bond acceptors (Lipinski definition) is 7. The standard InChI is InChI=1S/C23H29Cl2N5O5S/c1-2-3-14-6-8-29(9-7-14)23(31)20(10-15-4-5-19(26)21(11-15)30(32)33)28-36(34,35)16-12-17(24)22(27)18(25)13-16/h4-5,11-14,20,28H,2-3,6-10,26-27H2,1H3. The number of carbonyl (C=O) groups excluding carboxylic acids is 1. The number of halogens is 2. The molecule has 1 aliphatic heterocycles. The lowest BCUT2D eigenvalue weighted by molar-refractivity contribution is -0.384. The van der Waals surface area contributed by atoms with Gasteiger partial charge in [-0.25, -0.2) is 8.42 Å². The van der Waals surface area contributed by atoms with Gasteiger partial charge in [-0.15, -0.1) is 0 Å². The Morgan fingerprint density at radius 2 is 1.81 bits per heavy atom. The van der Waals surface area contributed by atoms with Gasteiger partial charge in [-0.05, 0) is 48.9 Å². The van der Waals surface area contributed by atoms with Gasteiger partial charge in [0.25, 0.3) is 5.69 Å². The SMILES string of the molecule is CCCC1CCN(C(=O)C(Cc2ccc(N)c([N+](=O)[O-])c2)NS(=O)(=O)c2cc(Cl)c(N)c(Cl)c2)CC1. The Hall–Kier alpha value is -2.60. The van der Waals surface area contributed by atoms with Gasteiger partial charge >= 0.3 is 0 Å². The van der Waals surface area contributed by atoms with E-state index in [-0.39, 0.29) is 38.4 Å². The minimum atomic E-state index is -4.26. The number of piperidine rings is 1. The van der Waals surface area contributed by atoms with E-state index in [4.69, 9.17) is 34.7 Å². The summed E-state index contributed by atoms with van der Waals surface area (Å²) in [6, 6.07) is 5.21. The van der Waals surface area contributed by atoms with Crippen molar-refractivity contribution in [3.05, 3.63) is 56.1 Å². The van der Waals surface area contributed by atoms with Gasteiger partial charge in [-0.3, -0.25) is 14.9 Å². The highest BCUT2D eigenvalue weighted by molar-refractivity contribution is 7.89. The highest BCUT2D eigenvalue weighted by Gasteiger charge is 2.32. The summed E-state index contributed by atoms with van der Waals surface area (Å²) in [5, 5.41) is 11.2. The molecule has 2 aromatic rings. The maximum Gasteiger partial charge on any atom is 0.292 e. The van der Waals surface area contributed by atoms with E-state index >= 15 is 0 Å². The zero-order valence-electron chi connectivity index (χ0n) is 19.7. The summed E-state index contributed by atoms with van der Waals surface area (Å²) < 4.78 is 28.9. The average Bonchev–Trinajstić information content (AvgIpc) is 2.83. The Balaban J connectivity index is 1.92. The fraction of sp³-hybridized carbons (Fsp3) is 0.435. The van der Waals surface area contributed by atoms with Crippen LogP contribution in [0.3, 0.4) is 0 Å². The molecule has 3 rings (SSSR count). The summed E-state index contributed by atoms with van der Waals surface area (Å²) in [7, 11) is -4.26. The van der Waals surface area contributed by atoms with Gasteiger partial charge in [-0.2, -0.15) is 4.72 Å². The smallest absolute Gasteiger partial charge is 0.292 e. The maximum atomic E-state index is 13.5. The summed E-state index contributed by atoms with van der Waals surface area (Å²) >= 11 is 12.0. The quantitative estimate of drug-likeness (QED) is 0.238. The van der Waals surface area contributed by atoms with E-state index in [2.05, 4.69) is 11.6 Å². The number of likely N-dealkylation sites (tertiary alicyclic amines) is 1. The van der Waals surface area contributed by atoms with Crippen molar-refractivity contribution >= 4 is 56.2 Å². The number of nitrogens with one attached hydrogen (secondary N) is 1. The van der Waals surface area contributed by atoms with Crippen molar-refractivity contribution in [1.82, 2.24) is 9.62 Å². The zero-order chi connectivity index (χ0) is 26.6. The molecule has 36 heavy (non-hydrogen) atoms. The molecule has 1 atom stereocenters. The van der Waals surface area contributed by atoms with Crippen LogP contribution in [0.25, 0.3) is 0 Å². The van der Waals surface area contributed by atoms with Gasteiger partial charge in [0.15, 0.2) is 0 Å². The number of carbonyl (C=O) groups is 1. The van der Waals surface area contributed by atoms with Crippen LogP contribution in [0.15, 0.2) is 35.2 Å². The number of sulfonamides is 1. The summed E-state index contributed by atoms with van der Waals surface area (Å²) in [5.74, 6) is 0.105. The molecule has 5 N–H and O–H groups in total. The number of nitrogens with two attached hydrogens (primary N) is 2. The van der Waals surface area contributed by atoms with Crippen molar-refractivity contribution in [2.75, 3.05) is 24.6 Å². The van der Waals surface area contributed by atoms with Crippen LogP contribution in [-0.2, 0) is 21.2 Å². The van der Waals surface area contributed by atoms with Crippen molar-refractivity contribution in [3.8, 4) is 0 Å². The number of nitrogen functional groups attached to an aromatic ring is 2. The number of hydrogen-bond donors (Lipinski definition) is 3. The molecule has 1 aliphatic rings. The van der Waals surface area contributed by atoms with Gasteiger partial charge < -0.3 is 16.4 Å². The number of nitro benzene ring substituents is 1. The Morgan fingerprint density at radius 1 is 1.19 bits per heavy atom. The first-order valence-corrected chi connectivity index (χ1v) is 13.7. The van der Waals surface area contributed by atoms with Crippen molar-refractivity contribution in [2.45, 2.75) is 50.0 Å². The first-order valence-electron chi connectivity index (χ1n) is 11.5. The molecule has 0 bridgehead atoms. The van der Waals surface area contributed by atoms with Crippen molar-refractivity contribution in [1.29, 1.82) is 0 Å². The van der Waals surface area contributed by atoms with Crippen LogP contribution < -0.4 is 16.2 Å². The molecule has 0 saturated carbocycles. The molecule has 1 amide bonds. The van der Waals surface area contributed by atoms with Gasteiger partial charge in [0, 0.05) is 19.2 Å². The molecule has 0 spiro atoms. The molecule has 1 fully saturated rings. The van der Waals surface area contributed by atoms with Gasteiger partial charge in [0.2, 0.25) is 15.9 Å². The number of benzene rings is 2. The summed E-state index contributed by atoms with van der Waals surface area (Å²) in [4.78, 5) is 25.6. The van der Waals surface area contributed by atoms with E-state index in [0.29, 0.717) is 24.6 Å². The monoisotopic (exact) mass is 557 g/mol. The van der Waals surface area contributed by atoms with Crippen LogP contribution in [0.2, 0.25) is 10.0 Å². The minimum Gasteiger partial charge on any atom is -0.396 e. The Morgan fingerprint density at radius 3 is 2.36 bits per heavy atom. The molecule has 1 unspecified atom stereocenters. The lowest BCUT2D eigenvalue weighted by Gasteiger charge is -2.34. The number of nitrogens with zero attached hydrogens (tertiary/aromatic N) is 2. The first-order chi connectivity index (χ1) is 16.9. The Labute approximate surface area is 220 Å². The highest BCUT2D eigenvalue weighted by Crippen LogP contribution is 2.31. The molecule has 1 saturated heterocycles. The molecule has 0 aromatic heterocycles. The van der Waals surface area contributed by atoms with E-state index < -0.39 is 26.9 Å². The van der Waals surface area contributed by atoms with Crippen molar-refractivity contribution in [3.63, 3.8) is 0 Å². The molecule has 13 heteroatoms. The predicted molar refractivity (Wildman–Crippen MR) is 140 cm³/mol. The molecule has 196 valence electrons. The largest absolute Gasteiger partial charge is 0.396 e. The van der Waals surface area contributed by atoms with Crippen molar-refractivity contribution < 1.29 is 18.1 Å². The molecule has 0 radical (unpaired) electrons. The number of anilines is 2. The fourth-order valence-electron chi connectivity index (χ4n) is 4.33. The second-order valence-electron chi connectivity index (χ2n) is 8.89. The molecule has 10 nitrogen and oxygen atoms in total. The van der Waals surface area contributed by atoms with Crippen LogP contribution in [0.5, 0.6) is 0 Å². The van der Waals surface area contributed by atoms with Crippen LogP contribution in [-0.4, -0.2) is 43.3 Å². The van der Waals surface area contributed by atoms with Crippen molar-refractivity contribution in [2.24, 2.45) is 5.92 Å². The molecule has 1 heterocycles. The Kier molecular flexibility index (Phi) is 9.04. The third kappa shape index (κ3) is 6.58. The Bertz CT molecular complexity index is 1230. The van der Waals surface area contributed by atoms with Gasteiger partial charge in [-0.1, -0.05) is 49.0 Å². The topological polar surface area (TPSA) is 162 Å². The third-order valence-electron chi connectivity index (χ3n) is 6.31. The van der Waals surface area contributed by atoms with E-state index in [1.165, 1.54) is 18.2 Å². The van der Waals surface area contributed by atoms with Gasteiger partial charge in [0.1, 0.15) is 11.7 Å². The van der Waals surface area contributed by atoms with E-state index in [9.17, 15) is 23.3 Å². The molecular weight excluding hydrogens is 529 g/mol. The normalized spacial score (nSPS) is 15.6. The van der Waals surface area contributed by atoms with Gasteiger partial charge in [0.05, 0.1) is 25.6 Å². The maximum absolute atomic E-state index is 13.5. The number of nitro groups is 1. The first kappa shape index (κ1) is 28.0. The molecular formula is C23H29Cl2N5O5S. The van der Waals surface area contributed by atoms with Crippen LogP contribution in [0.4, 0.5) is 17.1 Å². The predicted octanol–water partition coefficient (Wildman–Crippen LogP) is 3.99.